The van der Waals surface area contributed by atoms with Crippen LogP contribution in [-0.4, -0.2) is 21.8 Å². The molecule has 0 aliphatic carbocycles. The van der Waals surface area contributed by atoms with Crippen molar-refractivity contribution in [2.45, 2.75) is 0 Å². The second-order valence-corrected chi connectivity index (χ2v) is 8.64. The zero-order chi connectivity index (χ0) is 27.7. The summed E-state index contributed by atoms with van der Waals surface area (Å²) >= 11 is 11.5. The van der Waals surface area contributed by atoms with Crippen molar-refractivity contribution in [3.8, 4) is 11.5 Å². The molecule has 0 spiro atoms. The summed E-state index contributed by atoms with van der Waals surface area (Å²) in [7, 11) is 0. The summed E-state index contributed by atoms with van der Waals surface area (Å²) in [5.74, 6) is -2.22. The highest BCUT2D eigenvalue weighted by atomic mass is 35.5. The molecule has 38 heavy (non-hydrogen) atoms. The molecule has 8 heteroatoms. The van der Waals surface area contributed by atoms with E-state index in [9.17, 15) is 28.6 Å². The second kappa shape index (κ2) is 13.3. The Morgan fingerprint density at radius 3 is 1.79 bits per heavy atom. The molecule has 4 aromatic rings. The largest absolute Gasteiger partial charge is 0.507 e. The highest BCUT2D eigenvalue weighted by Gasteiger charge is 2.11. The minimum Gasteiger partial charge on any atom is -0.507 e. The summed E-state index contributed by atoms with van der Waals surface area (Å²) in [5, 5.41) is 19.9. The molecular formula is C30H20Cl2F2O4. The predicted octanol–water partition coefficient (Wildman–Crippen LogP) is 8.16. The first-order chi connectivity index (χ1) is 18.1. The SMILES string of the molecule is O=C(/C=C/c1ccc(Cl)cc1)c1cc(F)ccc1O.O=C(/C=C/c1ccc(F)cc1)c1cccc(Cl)c1O. The van der Waals surface area contributed by atoms with E-state index in [1.807, 2.05) is 0 Å². The Balaban J connectivity index is 0.000000211. The normalized spacial score (nSPS) is 10.8. The molecule has 4 rings (SSSR count). The van der Waals surface area contributed by atoms with Gasteiger partial charge >= 0.3 is 0 Å². The fraction of sp³-hybridized carbons (Fsp3) is 0. The van der Waals surface area contributed by atoms with Crippen molar-refractivity contribution < 1.29 is 28.6 Å². The molecule has 0 aliphatic rings. The van der Waals surface area contributed by atoms with Gasteiger partial charge < -0.3 is 10.2 Å². The van der Waals surface area contributed by atoms with Crippen molar-refractivity contribution in [1.82, 2.24) is 0 Å². The van der Waals surface area contributed by atoms with E-state index in [1.54, 1.807) is 54.6 Å². The van der Waals surface area contributed by atoms with Crippen molar-refractivity contribution in [3.05, 3.63) is 141 Å². The summed E-state index contributed by atoms with van der Waals surface area (Å²) in [5.41, 5.74) is 1.54. The molecule has 0 aliphatic heterocycles. The van der Waals surface area contributed by atoms with Gasteiger partial charge in [-0.15, -0.1) is 0 Å². The Labute approximate surface area is 227 Å². The number of hydrogen-bond donors (Lipinski definition) is 2. The molecule has 0 unspecified atom stereocenters. The molecule has 0 aromatic heterocycles. The monoisotopic (exact) mass is 552 g/mol. The minimum absolute atomic E-state index is 0.0646. The van der Waals surface area contributed by atoms with Gasteiger partial charge in [-0.1, -0.05) is 65.7 Å². The number of benzene rings is 4. The quantitative estimate of drug-likeness (QED) is 0.187. The van der Waals surface area contributed by atoms with Gasteiger partial charge in [0.05, 0.1) is 16.1 Å². The molecule has 0 amide bonds. The van der Waals surface area contributed by atoms with Gasteiger partial charge in [-0.2, -0.15) is 0 Å². The number of aromatic hydroxyl groups is 2. The lowest BCUT2D eigenvalue weighted by Gasteiger charge is -2.01. The van der Waals surface area contributed by atoms with Crippen LogP contribution in [0.25, 0.3) is 12.2 Å². The van der Waals surface area contributed by atoms with Crippen LogP contribution in [0.2, 0.25) is 10.0 Å². The molecule has 0 saturated heterocycles. The average Bonchev–Trinajstić information content (AvgIpc) is 2.91. The van der Waals surface area contributed by atoms with Crippen LogP contribution >= 0.6 is 23.2 Å². The van der Waals surface area contributed by atoms with E-state index in [1.165, 1.54) is 36.4 Å². The number of halogens is 4. The number of ketones is 2. The zero-order valence-electron chi connectivity index (χ0n) is 19.6. The van der Waals surface area contributed by atoms with Crippen LogP contribution in [0.3, 0.4) is 0 Å². The lowest BCUT2D eigenvalue weighted by Crippen LogP contribution is -1.95. The molecule has 0 bridgehead atoms. The second-order valence-electron chi connectivity index (χ2n) is 7.80. The molecule has 192 valence electrons. The molecule has 0 atom stereocenters. The van der Waals surface area contributed by atoms with E-state index in [0.29, 0.717) is 10.6 Å². The van der Waals surface area contributed by atoms with E-state index >= 15 is 0 Å². The molecule has 4 aromatic carbocycles. The third-order valence-electron chi connectivity index (χ3n) is 5.07. The van der Waals surface area contributed by atoms with Gasteiger partial charge in [-0.05, 0) is 77.9 Å². The number of carbonyl (C=O) groups excluding carboxylic acids is 2. The molecule has 0 saturated carbocycles. The van der Waals surface area contributed by atoms with Gasteiger partial charge in [0, 0.05) is 5.02 Å². The summed E-state index contributed by atoms with van der Waals surface area (Å²) in [4.78, 5) is 23.7. The zero-order valence-corrected chi connectivity index (χ0v) is 21.1. The molecule has 4 nitrogen and oxygen atoms in total. The Morgan fingerprint density at radius 1 is 0.658 bits per heavy atom. The summed E-state index contributed by atoms with van der Waals surface area (Å²) in [6, 6.07) is 20.4. The number of para-hydroxylation sites is 1. The molecule has 0 heterocycles. The van der Waals surface area contributed by atoms with Gasteiger partial charge in [0.25, 0.3) is 0 Å². The first-order valence-electron chi connectivity index (χ1n) is 11.1. The average molecular weight is 553 g/mol. The van der Waals surface area contributed by atoms with Crippen molar-refractivity contribution in [3.63, 3.8) is 0 Å². The predicted molar refractivity (Wildman–Crippen MR) is 146 cm³/mol. The number of carbonyl (C=O) groups is 2. The molecule has 0 fully saturated rings. The minimum atomic E-state index is -0.568. The van der Waals surface area contributed by atoms with E-state index in [2.05, 4.69) is 0 Å². The Hall–Kier alpha value is -4.26. The Morgan fingerprint density at radius 2 is 1.18 bits per heavy atom. The van der Waals surface area contributed by atoms with Gasteiger partial charge in [0.1, 0.15) is 23.1 Å². The lowest BCUT2D eigenvalue weighted by molar-refractivity contribution is 0.103. The van der Waals surface area contributed by atoms with Crippen LogP contribution in [-0.2, 0) is 0 Å². The third-order valence-corrected chi connectivity index (χ3v) is 5.63. The topological polar surface area (TPSA) is 74.6 Å². The van der Waals surface area contributed by atoms with E-state index < -0.39 is 11.6 Å². The maximum absolute atomic E-state index is 13.0. The number of phenolic OH excluding ortho intramolecular Hbond substituents is 2. The van der Waals surface area contributed by atoms with E-state index in [0.717, 1.165) is 23.8 Å². The van der Waals surface area contributed by atoms with Crippen molar-refractivity contribution >= 4 is 46.9 Å². The number of rotatable bonds is 6. The molecule has 2 N–H and O–H groups in total. The highest BCUT2D eigenvalue weighted by molar-refractivity contribution is 6.33. The summed E-state index contributed by atoms with van der Waals surface area (Å²) in [6.45, 7) is 0. The lowest BCUT2D eigenvalue weighted by atomic mass is 10.1. The van der Waals surface area contributed by atoms with Crippen molar-refractivity contribution in [2.24, 2.45) is 0 Å². The van der Waals surface area contributed by atoms with E-state index in [-0.39, 0.29) is 39.2 Å². The van der Waals surface area contributed by atoms with Gasteiger partial charge in [0.15, 0.2) is 11.6 Å². The van der Waals surface area contributed by atoms with Crippen LogP contribution in [0.5, 0.6) is 11.5 Å². The van der Waals surface area contributed by atoms with Crippen molar-refractivity contribution in [2.75, 3.05) is 0 Å². The standard InChI is InChI=1S/2C15H10ClFO2/c16-11-4-1-10(2-5-11)3-7-14(18)13-9-12(17)6-8-15(13)19;16-13-3-1-2-12(15(13)19)14(18)9-6-10-4-7-11(17)8-5-10/h2*1-9,19H/b7-3+;9-6+. The first kappa shape index (κ1) is 28.3. The number of allylic oxidation sites excluding steroid dienone is 2. The van der Waals surface area contributed by atoms with E-state index in [4.69, 9.17) is 23.2 Å². The third kappa shape index (κ3) is 8.13. The fourth-order valence-corrected chi connectivity index (χ4v) is 3.39. The van der Waals surface area contributed by atoms with Gasteiger partial charge in [-0.3, -0.25) is 9.59 Å². The molecule has 0 radical (unpaired) electrons. The maximum atomic E-state index is 13.0. The van der Waals surface area contributed by atoms with Gasteiger partial charge in [-0.25, -0.2) is 8.78 Å². The molecular weight excluding hydrogens is 533 g/mol. The van der Waals surface area contributed by atoms with Crippen molar-refractivity contribution in [1.29, 1.82) is 0 Å². The van der Waals surface area contributed by atoms with Crippen LogP contribution in [0.1, 0.15) is 31.8 Å². The highest BCUT2D eigenvalue weighted by Crippen LogP contribution is 2.27. The maximum Gasteiger partial charge on any atom is 0.189 e. The first-order valence-corrected chi connectivity index (χ1v) is 11.8. The van der Waals surface area contributed by atoms with Crippen LogP contribution in [0.4, 0.5) is 8.78 Å². The summed E-state index contributed by atoms with van der Waals surface area (Å²) in [6.07, 6.45) is 5.70. The Kier molecular flexibility index (Phi) is 9.93. The Bertz CT molecular complexity index is 1430. The van der Waals surface area contributed by atoms with Crippen LogP contribution < -0.4 is 0 Å². The number of phenols is 2. The number of hydrogen-bond acceptors (Lipinski definition) is 4. The summed E-state index contributed by atoms with van der Waals surface area (Å²) < 4.78 is 25.7. The fourth-order valence-electron chi connectivity index (χ4n) is 3.09. The van der Waals surface area contributed by atoms with Gasteiger partial charge in [0.2, 0.25) is 0 Å². The smallest absolute Gasteiger partial charge is 0.189 e. The van der Waals surface area contributed by atoms with Crippen LogP contribution in [0, 0.1) is 11.6 Å². The van der Waals surface area contributed by atoms with Crippen LogP contribution in [0.15, 0.2) is 97.1 Å².